The standard InChI is InChI=1S/C13H19N3O3/c1-13(2,3)19-12(17)16-8-6-5-7-9(18-4)10(8)11(14)15/h5-7H,1-4H3,(H3,14,15)(H,16,17). The van der Waals surface area contributed by atoms with Crippen molar-refractivity contribution in [2.75, 3.05) is 12.4 Å². The van der Waals surface area contributed by atoms with Gasteiger partial charge in [-0.1, -0.05) is 6.07 Å². The van der Waals surface area contributed by atoms with Crippen LogP contribution in [0.15, 0.2) is 18.2 Å². The van der Waals surface area contributed by atoms with Crippen LogP contribution in [0.4, 0.5) is 10.5 Å². The van der Waals surface area contributed by atoms with E-state index in [1.165, 1.54) is 7.11 Å². The second-order valence-corrected chi connectivity index (χ2v) is 4.92. The summed E-state index contributed by atoms with van der Waals surface area (Å²) in [6.45, 7) is 5.30. The predicted molar refractivity (Wildman–Crippen MR) is 73.9 cm³/mol. The van der Waals surface area contributed by atoms with Crippen LogP contribution in [0.2, 0.25) is 0 Å². The number of anilines is 1. The number of amidine groups is 1. The van der Waals surface area contributed by atoms with Crippen LogP contribution in [-0.4, -0.2) is 24.6 Å². The quantitative estimate of drug-likeness (QED) is 0.577. The van der Waals surface area contributed by atoms with E-state index in [2.05, 4.69) is 5.32 Å². The third-order valence-electron chi connectivity index (χ3n) is 2.15. The summed E-state index contributed by atoms with van der Waals surface area (Å²) in [5, 5.41) is 10.1. The number of ether oxygens (including phenoxy) is 2. The van der Waals surface area contributed by atoms with Gasteiger partial charge in [0.2, 0.25) is 0 Å². The van der Waals surface area contributed by atoms with Gasteiger partial charge in [0.25, 0.3) is 0 Å². The molecule has 6 nitrogen and oxygen atoms in total. The van der Waals surface area contributed by atoms with Crippen LogP contribution in [0.25, 0.3) is 0 Å². The molecule has 0 fully saturated rings. The van der Waals surface area contributed by atoms with Crippen molar-refractivity contribution in [3.63, 3.8) is 0 Å². The van der Waals surface area contributed by atoms with Gasteiger partial charge in [-0.05, 0) is 32.9 Å². The van der Waals surface area contributed by atoms with Crippen LogP contribution in [-0.2, 0) is 4.74 Å². The van der Waals surface area contributed by atoms with E-state index in [4.69, 9.17) is 20.6 Å². The average molecular weight is 265 g/mol. The summed E-state index contributed by atoms with van der Waals surface area (Å²) in [4.78, 5) is 11.7. The summed E-state index contributed by atoms with van der Waals surface area (Å²) in [7, 11) is 1.47. The number of nitrogens with one attached hydrogen (secondary N) is 2. The first-order valence-corrected chi connectivity index (χ1v) is 5.76. The fourth-order valence-electron chi connectivity index (χ4n) is 1.50. The van der Waals surface area contributed by atoms with Crippen molar-refractivity contribution >= 4 is 17.6 Å². The molecule has 19 heavy (non-hydrogen) atoms. The molecule has 0 saturated carbocycles. The van der Waals surface area contributed by atoms with Crippen LogP contribution < -0.4 is 15.8 Å². The largest absolute Gasteiger partial charge is 0.496 e. The highest BCUT2D eigenvalue weighted by Gasteiger charge is 2.19. The zero-order valence-corrected chi connectivity index (χ0v) is 11.5. The molecule has 1 aromatic carbocycles. The number of hydrogen-bond donors (Lipinski definition) is 3. The summed E-state index contributed by atoms with van der Waals surface area (Å²) < 4.78 is 10.3. The number of rotatable bonds is 3. The minimum atomic E-state index is -0.608. The molecule has 4 N–H and O–H groups in total. The Morgan fingerprint density at radius 2 is 2.00 bits per heavy atom. The maximum Gasteiger partial charge on any atom is 0.412 e. The zero-order valence-electron chi connectivity index (χ0n) is 11.5. The fourth-order valence-corrected chi connectivity index (χ4v) is 1.50. The van der Waals surface area contributed by atoms with Gasteiger partial charge in [0.1, 0.15) is 17.2 Å². The normalized spacial score (nSPS) is 10.7. The smallest absolute Gasteiger partial charge is 0.412 e. The lowest BCUT2D eigenvalue weighted by molar-refractivity contribution is 0.0636. The Balaban J connectivity index is 3.01. The Bertz CT molecular complexity index is 492. The van der Waals surface area contributed by atoms with E-state index in [-0.39, 0.29) is 5.84 Å². The van der Waals surface area contributed by atoms with Gasteiger partial charge in [-0.15, -0.1) is 0 Å². The third-order valence-corrected chi connectivity index (χ3v) is 2.15. The molecule has 0 aliphatic rings. The first-order valence-electron chi connectivity index (χ1n) is 5.76. The first kappa shape index (κ1) is 14.8. The number of hydrogen-bond acceptors (Lipinski definition) is 4. The molecule has 1 rings (SSSR count). The molecular formula is C13H19N3O3. The van der Waals surface area contributed by atoms with Crippen LogP contribution in [0.3, 0.4) is 0 Å². The summed E-state index contributed by atoms with van der Waals surface area (Å²) in [5.74, 6) is 0.226. The van der Waals surface area contributed by atoms with Gasteiger partial charge in [-0.3, -0.25) is 10.7 Å². The highest BCUT2D eigenvalue weighted by atomic mass is 16.6. The van der Waals surface area contributed by atoms with Crippen LogP contribution in [0, 0.1) is 5.41 Å². The van der Waals surface area contributed by atoms with Gasteiger partial charge in [0.15, 0.2) is 0 Å². The highest BCUT2D eigenvalue weighted by Crippen LogP contribution is 2.26. The summed E-state index contributed by atoms with van der Waals surface area (Å²) in [6, 6.07) is 4.98. The monoisotopic (exact) mass is 265 g/mol. The van der Waals surface area contributed by atoms with E-state index < -0.39 is 11.7 Å². The maximum atomic E-state index is 11.7. The lowest BCUT2D eigenvalue weighted by Gasteiger charge is -2.20. The van der Waals surface area contributed by atoms with E-state index in [0.717, 1.165) is 0 Å². The van der Waals surface area contributed by atoms with Crippen molar-refractivity contribution in [1.29, 1.82) is 5.41 Å². The molecule has 104 valence electrons. The molecule has 0 aliphatic carbocycles. The number of benzene rings is 1. The van der Waals surface area contributed by atoms with Gasteiger partial charge in [-0.2, -0.15) is 0 Å². The Morgan fingerprint density at radius 3 is 2.47 bits per heavy atom. The van der Waals surface area contributed by atoms with E-state index in [1.54, 1.807) is 39.0 Å². The molecule has 6 heteroatoms. The summed E-state index contributed by atoms with van der Waals surface area (Å²) in [6.07, 6.45) is -0.608. The molecule has 0 radical (unpaired) electrons. The van der Waals surface area contributed by atoms with Crippen molar-refractivity contribution in [2.45, 2.75) is 26.4 Å². The maximum absolute atomic E-state index is 11.7. The number of nitrogens with two attached hydrogens (primary N) is 1. The Kier molecular flexibility index (Phi) is 4.37. The van der Waals surface area contributed by atoms with Gasteiger partial charge >= 0.3 is 6.09 Å². The van der Waals surface area contributed by atoms with E-state index in [0.29, 0.717) is 17.0 Å². The van der Waals surface area contributed by atoms with Gasteiger partial charge in [0.05, 0.1) is 18.4 Å². The first-order chi connectivity index (χ1) is 8.74. The van der Waals surface area contributed by atoms with Crippen molar-refractivity contribution in [1.82, 2.24) is 0 Å². The Labute approximate surface area is 112 Å². The van der Waals surface area contributed by atoms with E-state index in [1.807, 2.05) is 0 Å². The molecule has 1 amide bonds. The minimum Gasteiger partial charge on any atom is -0.496 e. The predicted octanol–water partition coefficient (Wildman–Crippen LogP) is 2.33. The molecule has 0 atom stereocenters. The van der Waals surface area contributed by atoms with Crippen molar-refractivity contribution < 1.29 is 14.3 Å². The van der Waals surface area contributed by atoms with Gasteiger partial charge in [-0.25, -0.2) is 4.79 Å². The fraction of sp³-hybridized carbons (Fsp3) is 0.385. The lowest BCUT2D eigenvalue weighted by Crippen LogP contribution is -2.28. The average Bonchev–Trinajstić information content (AvgIpc) is 2.25. The van der Waals surface area contributed by atoms with Gasteiger partial charge < -0.3 is 15.2 Å². The second kappa shape index (κ2) is 5.60. The Morgan fingerprint density at radius 1 is 1.37 bits per heavy atom. The SMILES string of the molecule is COc1cccc(NC(=O)OC(C)(C)C)c1C(=N)N. The molecule has 1 aromatic rings. The molecule has 0 aromatic heterocycles. The topological polar surface area (TPSA) is 97.4 Å². The zero-order chi connectivity index (χ0) is 14.6. The minimum absolute atomic E-state index is 0.191. The number of amides is 1. The number of carbonyl (C=O) groups is 1. The van der Waals surface area contributed by atoms with E-state index >= 15 is 0 Å². The van der Waals surface area contributed by atoms with Crippen LogP contribution in [0.5, 0.6) is 5.75 Å². The third kappa shape index (κ3) is 4.17. The van der Waals surface area contributed by atoms with Gasteiger partial charge in [0, 0.05) is 0 Å². The van der Waals surface area contributed by atoms with Crippen molar-refractivity contribution in [3.05, 3.63) is 23.8 Å². The highest BCUT2D eigenvalue weighted by molar-refractivity contribution is 6.05. The molecule has 0 aliphatic heterocycles. The van der Waals surface area contributed by atoms with Crippen molar-refractivity contribution in [2.24, 2.45) is 5.73 Å². The summed E-state index contributed by atoms with van der Waals surface area (Å²) in [5.41, 5.74) is 5.61. The van der Waals surface area contributed by atoms with E-state index in [9.17, 15) is 4.79 Å². The summed E-state index contributed by atoms with van der Waals surface area (Å²) >= 11 is 0. The molecule has 0 spiro atoms. The number of carbonyl (C=O) groups excluding carboxylic acids is 1. The molecule has 0 unspecified atom stereocenters. The van der Waals surface area contributed by atoms with Crippen LogP contribution >= 0.6 is 0 Å². The molecule has 0 heterocycles. The number of methoxy groups -OCH3 is 1. The number of nitrogen functional groups attached to an aromatic ring is 1. The molecule has 0 saturated heterocycles. The van der Waals surface area contributed by atoms with Crippen LogP contribution in [0.1, 0.15) is 26.3 Å². The second-order valence-electron chi connectivity index (χ2n) is 4.92. The van der Waals surface area contributed by atoms with Crippen molar-refractivity contribution in [3.8, 4) is 5.75 Å². The Hall–Kier alpha value is -2.24. The molecular weight excluding hydrogens is 246 g/mol. The molecule has 0 bridgehead atoms. The lowest BCUT2D eigenvalue weighted by atomic mass is 10.1.